The number of allylic oxidation sites excluding steroid dienone is 23. The fraction of sp³-hybridized carbons (Fsp3) is 0.615. The average molecular weight is 1050 g/mol. The summed E-state index contributed by atoms with van der Waals surface area (Å²) >= 11 is 0. The molecule has 0 fully saturated rings. The molecule has 0 radical (unpaired) electrons. The number of aliphatic hydroxyl groups excluding tert-OH is 1. The molecule has 0 aliphatic carbocycles. The largest absolute Gasteiger partial charge is 0.472 e. The molecule has 0 aromatic heterocycles. The van der Waals surface area contributed by atoms with Gasteiger partial charge in [0.15, 0.2) is 0 Å². The standard InChI is InChI=1S/C65H109N2O6P/c1-6-8-10-12-14-16-18-20-22-23-24-25-26-27-28-29-30-31-32-33-34-35-36-37-38-39-40-41-42-43-45-47-49-51-53-55-57-59-65(69)66-63(62-73-74(70,71)72-61-60-67(3,4)5)64(68)58-56-54-52-50-48-46-44-21-19-17-15-13-11-9-7-2/h8,10,14,16,19-22,24-25,27-28,30-31,33-34,36-37,39-40,48,50,56,58,63-64,68H,6-7,9,11-13,15,17-18,23,26,29,32,35,38,41-47,49,51-55,57,59-62H2,1-5H3,(H-,66,69,70,71)/p+1/b10-8-,16-14-,21-19+,22-20-,25-24-,28-27-,31-30-,34-33-,37-36-,40-39-,50-48+,58-56+. The van der Waals surface area contributed by atoms with Crippen molar-refractivity contribution in [1.82, 2.24) is 5.32 Å². The molecular formula is C65H110N2O6P+. The Morgan fingerprint density at radius 1 is 0.473 bits per heavy atom. The number of carbonyl (C=O) groups excluding carboxylic acids is 1. The summed E-state index contributed by atoms with van der Waals surface area (Å²) in [4.78, 5) is 23.3. The zero-order valence-corrected chi connectivity index (χ0v) is 48.7. The molecule has 0 aliphatic heterocycles. The van der Waals surface area contributed by atoms with Crippen molar-refractivity contribution in [3.05, 3.63) is 146 Å². The van der Waals surface area contributed by atoms with Crippen LogP contribution in [0.1, 0.15) is 206 Å². The molecule has 3 atom stereocenters. The van der Waals surface area contributed by atoms with Crippen LogP contribution in [0.5, 0.6) is 0 Å². The highest BCUT2D eigenvalue weighted by molar-refractivity contribution is 7.47. The van der Waals surface area contributed by atoms with Gasteiger partial charge in [0.2, 0.25) is 5.91 Å². The van der Waals surface area contributed by atoms with Crippen molar-refractivity contribution in [3.8, 4) is 0 Å². The number of quaternary nitrogens is 1. The average Bonchev–Trinajstić information content (AvgIpc) is 3.36. The molecule has 0 aromatic rings. The number of phosphoric ester groups is 1. The lowest BCUT2D eigenvalue weighted by atomic mass is 10.1. The highest BCUT2D eigenvalue weighted by Gasteiger charge is 2.27. The van der Waals surface area contributed by atoms with E-state index >= 15 is 0 Å². The summed E-state index contributed by atoms with van der Waals surface area (Å²) in [5, 5.41) is 13.9. The Morgan fingerprint density at radius 2 is 0.824 bits per heavy atom. The van der Waals surface area contributed by atoms with E-state index in [2.05, 4.69) is 153 Å². The maximum Gasteiger partial charge on any atom is 0.472 e. The van der Waals surface area contributed by atoms with Crippen LogP contribution in [0.25, 0.3) is 0 Å². The van der Waals surface area contributed by atoms with E-state index < -0.39 is 20.0 Å². The predicted octanol–water partition coefficient (Wildman–Crippen LogP) is 18.1. The van der Waals surface area contributed by atoms with Crippen molar-refractivity contribution < 1.29 is 32.9 Å². The predicted molar refractivity (Wildman–Crippen MR) is 322 cm³/mol. The van der Waals surface area contributed by atoms with Gasteiger partial charge in [0, 0.05) is 6.42 Å². The maximum absolute atomic E-state index is 13.0. The van der Waals surface area contributed by atoms with Crippen LogP contribution in [0.4, 0.5) is 0 Å². The zero-order valence-electron chi connectivity index (χ0n) is 47.8. The Hall–Kier alpha value is -3.62. The van der Waals surface area contributed by atoms with Gasteiger partial charge < -0.3 is 19.8 Å². The number of phosphoric acid groups is 1. The second-order valence-corrected chi connectivity index (χ2v) is 21.7. The first-order valence-corrected chi connectivity index (χ1v) is 30.7. The van der Waals surface area contributed by atoms with E-state index in [1.807, 2.05) is 27.2 Å². The summed E-state index contributed by atoms with van der Waals surface area (Å²) in [5.41, 5.74) is 0. The second kappa shape index (κ2) is 54.2. The summed E-state index contributed by atoms with van der Waals surface area (Å²) in [6.45, 7) is 4.63. The number of rotatable bonds is 51. The van der Waals surface area contributed by atoms with Crippen LogP contribution in [0.15, 0.2) is 146 Å². The van der Waals surface area contributed by atoms with E-state index in [9.17, 15) is 19.4 Å². The normalized spacial score (nSPS) is 15.0. The van der Waals surface area contributed by atoms with Gasteiger partial charge in [0.25, 0.3) is 0 Å². The van der Waals surface area contributed by atoms with Gasteiger partial charge in [-0.1, -0.05) is 230 Å². The van der Waals surface area contributed by atoms with E-state index in [-0.39, 0.29) is 19.1 Å². The number of nitrogens with one attached hydrogen (secondary N) is 1. The van der Waals surface area contributed by atoms with Crippen molar-refractivity contribution in [2.75, 3.05) is 40.9 Å². The summed E-state index contributed by atoms with van der Waals surface area (Å²) in [6, 6.07) is -0.883. The van der Waals surface area contributed by atoms with E-state index in [1.54, 1.807) is 6.08 Å². The molecule has 0 saturated heterocycles. The van der Waals surface area contributed by atoms with Crippen molar-refractivity contribution >= 4 is 13.7 Å². The zero-order chi connectivity index (χ0) is 54.2. The third kappa shape index (κ3) is 56.1. The molecule has 0 heterocycles. The molecule has 0 spiro atoms. The number of unbranched alkanes of at least 4 members (excludes halogenated alkanes) is 16. The monoisotopic (exact) mass is 1050 g/mol. The Balaban J connectivity index is 4.20. The molecule has 1 amide bonds. The van der Waals surface area contributed by atoms with Gasteiger partial charge in [-0.05, 0) is 116 Å². The summed E-state index contributed by atoms with van der Waals surface area (Å²) in [7, 11) is 1.52. The number of aliphatic hydroxyl groups is 1. The highest BCUT2D eigenvalue weighted by Crippen LogP contribution is 2.43. The third-order valence-electron chi connectivity index (χ3n) is 12.0. The quantitative estimate of drug-likeness (QED) is 0.0243. The fourth-order valence-electron chi connectivity index (χ4n) is 7.48. The van der Waals surface area contributed by atoms with Gasteiger partial charge in [0.05, 0.1) is 39.9 Å². The minimum absolute atomic E-state index is 0.0447. The van der Waals surface area contributed by atoms with Crippen molar-refractivity contribution in [3.63, 3.8) is 0 Å². The van der Waals surface area contributed by atoms with Crippen LogP contribution in [0, 0.1) is 0 Å². The van der Waals surface area contributed by atoms with Gasteiger partial charge in [-0.15, -0.1) is 0 Å². The SMILES string of the molecule is CC/C=C\C/C=C\C/C=C\C/C=C\C/C=C\C/C=C\C/C=C\C/C=C\C/C=C\CCCCCCCCCCCC(=O)NC(COP(=O)(O)OCC[N+](C)(C)C)C(O)/C=C/CC/C=C/CC/C=C/CCCCCCC. The van der Waals surface area contributed by atoms with Gasteiger partial charge in [-0.25, -0.2) is 4.57 Å². The Morgan fingerprint density at radius 3 is 1.24 bits per heavy atom. The summed E-state index contributed by atoms with van der Waals surface area (Å²) in [6.07, 6.45) is 83.8. The Bertz CT molecular complexity index is 1710. The molecule has 0 saturated carbocycles. The van der Waals surface area contributed by atoms with E-state index in [0.29, 0.717) is 17.4 Å². The lowest BCUT2D eigenvalue weighted by Crippen LogP contribution is -2.45. The van der Waals surface area contributed by atoms with Gasteiger partial charge in [-0.2, -0.15) is 0 Å². The smallest absolute Gasteiger partial charge is 0.387 e. The van der Waals surface area contributed by atoms with Crippen molar-refractivity contribution in [1.29, 1.82) is 0 Å². The molecule has 8 nitrogen and oxygen atoms in total. The third-order valence-corrected chi connectivity index (χ3v) is 13.0. The lowest BCUT2D eigenvalue weighted by molar-refractivity contribution is -0.870. The van der Waals surface area contributed by atoms with Crippen LogP contribution in [0.3, 0.4) is 0 Å². The molecule has 0 bridgehead atoms. The van der Waals surface area contributed by atoms with Gasteiger partial charge in [0.1, 0.15) is 13.2 Å². The van der Waals surface area contributed by atoms with Crippen LogP contribution in [-0.2, 0) is 18.4 Å². The Labute approximate surface area is 455 Å². The number of likely N-dealkylation sites (N-methyl/N-ethyl adjacent to an activating group) is 1. The van der Waals surface area contributed by atoms with Crippen molar-refractivity contribution in [2.45, 2.75) is 219 Å². The number of hydrogen-bond acceptors (Lipinski definition) is 5. The molecule has 0 aliphatic rings. The Kier molecular flexibility index (Phi) is 51.5. The summed E-state index contributed by atoms with van der Waals surface area (Å²) in [5.74, 6) is -0.205. The first kappa shape index (κ1) is 70.4. The van der Waals surface area contributed by atoms with Crippen LogP contribution >= 0.6 is 7.82 Å². The number of carbonyl (C=O) groups is 1. The molecule has 0 rings (SSSR count). The molecule has 74 heavy (non-hydrogen) atoms. The molecule has 420 valence electrons. The topological polar surface area (TPSA) is 105 Å². The van der Waals surface area contributed by atoms with Crippen LogP contribution < -0.4 is 5.32 Å². The summed E-state index contributed by atoms with van der Waals surface area (Å²) < 4.78 is 23.6. The maximum atomic E-state index is 13.0. The fourth-order valence-corrected chi connectivity index (χ4v) is 8.21. The van der Waals surface area contributed by atoms with E-state index in [0.717, 1.165) is 116 Å². The lowest BCUT2D eigenvalue weighted by Gasteiger charge is -2.25. The number of amides is 1. The van der Waals surface area contributed by atoms with Gasteiger partial charge in [-0.3, -0.25) is 13.8 Å². The first-order valence-electron chi connectivity index (χ1n) is 29.2. The molecular weight excluding hydrogens is 936 g/mol. The molecule has 0 aromatic carbocycles. The van der Waals surface area contributed by atoms with E-state index in [1.165, 1.54) is 70.6 Å². The highest BCUT2D eigenvalue weighted by atomic mass is 31.2. The van der Waals surface area contributed by atoms with Gasteiger partial charge >= 0.3 is 7.82 Å². The first-order chi connectivity index (χ1) is 36.0. The molecule has 9 heteroatoms. The number of nitrogens with zero attached hydrogens (tertiary/aromatic N) is 1. The van der Waals surface area contributed by atoms with Crippen LogP contribution in [-0.4, -0.2) is 73.4 Å². The minimum Gasteiger partial charge on any atom is -0.387 e. The number of hydrogen-bond donors (Lipinski definition) is 3. The van der Waals surface area contributed by atoms with Crippen molar-refractivity contribution in [2.24, 2.45) is 0 Å². The molecule has 3 N–H and O–H groups in total. The molecule has 3 unspecified atom stereocenters. The minimum atomic E-state index is -4.37. The second-order valence-electron chi connectivity index (χ2n) is 20.3. The van der Waals surface area contributed by atoms with Crippen LogP contribution in [0.2, 0.25) is 0 Å². The van der Waals surface area contributed by atoms with E-state index in [4.69, 9.17) is 9.05 Å².